The van der Waals surface area contributed by atoms with E-state index in [0.29, 0.717) is 48.1 Å². The van der Waals surface area contributed by atoms with Crippen molar-refractivity contribution in [3.8, 4) is 0 Å². The SMILES string of the molecule is CSCCNc1nc(SCCC(F)(F)F)nc2c1ncn2[C@@H]1O[C@H](COP(=O)(O)OP(=O)(O)C(Cl)(Cl)P(=O)(O)OP(=O)(O)OC[C@H]2O[C@@H](n3cnc4c(NCCSC)nc(SCCC(F)(F)F)nc43)[C@H](O)[C@@H]2O)[C@@H](O)[C@H]1O. The zero-order valence-corrected chi connectivity index (χ0v) is 47.4. The van der Waals surface area contributed by atoms with Gasteiger partial charge in [-0.25, -0.2) is 47.7 Å². The number of halogens is 8. The fraction of sp³-hybridized carbons (Fsp3) is 0.697. The highest BCUT2D eigenvalue weighted by molar-refractivity contribution is 7.99. The molecule has 2 fully saturated rings. The van der Waals surface area contributed by atoms with Crippen LogP contribution in [0.2, 0.25) is 0 Å². The molecule has 4 aromatic rings. The van der Waals surface area contributed by atoms with Crippen LogP contribution >= 0.6 is 101 Å². The van der Waals surface area contributed by atoms with Crippen molar-refractivity contribution in [3.63, 3.8) is 0 Å². The second-order valence-corrected chi connectivity index (χ2v) is 29.9. The lowest BCUT2D eigenvalue weighted by Gasteiger charge is -2.29. The van der Waals surface area contributed by atoms with Crippen LogP contribution in [0.1, 0.15) is 25.3 Å². The number of fused-ring (bicyclic) bond motifs is 2. The molecule has 0 spiro atoms. The molecule has 6 heterocycles. The van der Waals surface area contributed by atoms with Crippen molar-refractivity contribution < 1.29 is 112 Å². The number of nitrogens with zero attached hydrogens (tertiary/aromatic N) is 8. The van der Waals surface area contributed by atoms with Gasteiger partial charge in [0.15, 0.2) is 56.7 Å². The zero-order valence-electron chi connectivity index (χ0n) is 39.0. The van der Waals surface area contributed by atoms with Crippen molar-refractivity contribution in [1.29, 1.82) is 0 Å². The van der Waals surface area contributed by atoms with Crippen LogP contribution in [0.25, 0.3) is 22.3 Å². The monoisotopic (exact) mass is 1310 g/mol. The van der Waals surface area contributed by atoms with Gasteiger partial charge in [-0.15, -0.1) is 0 Å². The van der Waals surface area contributed by atoms with Gasteiger partial charge < -0.3 is 60.1 Å². The lowest BCUT2D eigenvalue weighted by Crippen LogP contribution is -2.33. The Morgan fingerprint density at radius 3 is 1.32 bits per heavy atom. The number of phosphoric acid groups is 2. The zero-order chi connectivity index (χ0) is 57.1. The van der Waals surface area contributed by atoms with Crippen LogP contribution < -0.4 is 10.6 Å². The molecule has 436 valence electrons. The summed E-state index contributed by atoms with van der Waals surface area (Å²) in [5, 5.41) is 49.2. The highest BCUT2D eigenvalue weighted by Gasteiger charge is 2.66. The number of phosphoric ester groups is 2. The molecule has 12 atom stereocenters. The molecule has 2 saturated heterocycles. The van der Waals surface area contributed by atoms with Crippen LogP contribution in [0.5, 0.6) is 0 Å². The van der Waals surface area contributed by atoms with Crippen molar-refractivity contribution in [2.45, 2.75) is 88.4 Å². The van der Waals surface area contributed by atoms with Crippen molar-refractivity contribution in [2.24, 2.45) is 0 Å². The van der Waals surface area contributed by atoms with Crippen LogP contribution in [0.4, 0.5) is 38.0 Å². The number of hydrogen-bond acceptors (Lipinski definition) is 26. The third kappa shape index (κ3) is 16.5. The summed E-state index contributed by atoms with van der Waals surface area (Å²) in [6.45, 7) is -1.91. The van der Waals surface area contributed by atoms with E-state index in [1.165, 1.54) is 23.5 Å². The molecule has 0 saturated carbocycles. The lowest BCUT2D eigenvalue weighted by molar-refractivity contribution is -0.130. The van der Waals surface area contributed by atoms with Crippen molar-refractivity contribution >= 4 is 135 Å². The molecule has 44 heteroatoms. The number of aromatic nitrogens is 8. The average Bonchev–Trinajstić information content (AvgIpc) is 4.07. The van der Waals surface area contributed by atoms with Gasteiger partial charge in [0.05, 0.1) is 38.7 Å². The predicted molar refractivity (Wildman–Crippen MR) is 267 cm³/mol. The molecule has 28 nitrogen and oxygen atoms in total. The highest BCUT2D eigenvalue weighted by atomic mass is 35.5. The summed E-state index contributed by atoms with van der Waals surface area (Å²) in [7, 11) is -25.2. The van der Waals surface area contributed by atoms with E-state index in [-0.39, 0.29) is 44.3 Å². The predicted octanol–water partition coefficient (Wildman–Crippen LogP) is 5.27. The Hall–Kier alpha value is -1.38. The van der Waals surface area contributed by atoms with Gasteiger partial charge in [0.1, 0.15) is 36.6 Å². The Kier molecular flexibility index (Phi) is 21.9. The molecule has 77 heavy (non-hydrogen) atoms. The van der Waals surface area contributed by atoms with Crippen molar-refractivity contribution in [1.82, 2.24) is 39.0 Å². The Morgan fingerprint density at radius 2 is 0.987 bits per heavy atom. The fourth-order valence-electron chi connectivity index (χ4n) is 6.71. The van der Waals surface area contributed by atoms with E-state index < -0.39 is 134 Å². The van der Waals surface area contributed by atoms with E-state index in [9.17, 15) is 84.6 Å². The van der Waals surface area contributed by atoms with Crippen LogP contribution in [-0.2, 0) is 45.4 Å². The minimum absolute atomic E-state index is 0.0561. The van der Waals surface area contributed by atoms with Gasteiger partial charge in [-0.2, -0.15) is 49.9 Å². The first-order chi connectivity index (χ1) is 35.7. The molecular formula is C33H46Cl2F6N10O18P4S4. The maximum Gasteiger partial charge on any atom is 0.479 e. The molecule has 0 bridgehead atoms. The molecule has 0 radical (unpaired) electrons. The number of thioether (sulfide) groups is 4. The van der Waals surface area contributed by atoms with E-state index >= 15 is 0 Å². The molecule has 6 rings (SSSR count). The van der Waals surface area contributed by atoms with Gasteiger partial charge in [-0.05, 0) is 12.5 Å². The average molecular weight is 1310 g/mol. The summed E-state index contributed by atoms with van der Waals surface area (Å²) in [6.07, 6.45) is -20.3. The minimum atomic E-state index is -6.53. The van der Waals surface area contributed by atoms with Crippen LogP contribution in [0, 0.1) is 0 Å². The summed E-state index contributed by atoms with van der Waals surface area (Å²) in [6, 6.07) is 0. The number of alkyl halides is 8. The van der Waals surface area contributed by atoms with Gasteiger partial charge >= 0.3 is 47.0 Å². The number of aliphatic hydroxyl groups is 4. The van der Waals surface area contributed by atoms with Gasteiger partial charge in [0, 0.05) is 36.1 Å². The summed E-state index contributed by atoms with van der Waals surface area (Å²) in [4.78, 5) is 67.3. The Balaban J connectivity index is 1.08. The molecule has 10 N–H and O–H groups in total. The largest absolute Gasteiger partial charge is 0.479 e. The number of imidazole rings is 2. The first-order valence-corrected chi connectivity index (χ1v) is 33.1. The first-order valence-electron chi connectivity index (χ1n) is 21.5. The Labute approximate surface area is 457 Å². The van der Waals surface area contributed by atoms with Gasteiger partial charge in [0.25, 0.3) is 0 Å². The summed E-state index contributed by atoms with van der Waals surface area (Å²) < 4.78 is 157. The highest BCUT2D eigenvalue weighted by Crippen LogP contribution is 2.83. The summed E-state index contributed by atoms with van der Waals surface area (Å²) >= 11 is 15.6. The van der Waals surface area contributed by atoms with E-state index in [1.54, 1.807) is 0 Å². The number of rotatable bonds is 28. The molecule has 2 aliphatic rings. The van der Waals surface area contributed by atoms with E-state index in [0.717, 1.165) is 21.8 Å². The van der Waals surface area contributed by atoms with Crippen LogP contribution in [0.15, 0.2) is 23.0 Å². The van der Waals surface area contributed by atoms with Crippen LogP contribution in [-0.4, -0.2) is 194 Å². The fourth-order valence-corrected chi connectivity index (χ4v) is 16.1. The first kappa shape index (κ1) is 64.8. The number of ether oxygens (including phenoxy) is 2. The maximum atomic E-state index is 13.2. The molecule has 2 aliphatic heterocycles. The number of hydrogen-bond donors (Lipinski definition) is 10. The molecule has 4 aromatic heterocycles. The Morgan fingerprint density at radius 1 is 0.623 bits per heavy atom. The number of aliphatic hydroxyl groups excluding tert-OH is 4. The van der Waals surface area contributed by atoms with E-state index in [4.69, 9.17) is 32.7 Å². The smallest absolute Gasteiger partial charge is 0.387 e. The van der Waals surface area contributed by atoms with Crippen molar-refractivity contribution in [2.75, 3.05) is 72.5 Å². The quantitative estimate of drug-likeness (QED) is 0.00864. The topological polar surface area (TPSA) is 397 Å². The molecular weight excluding hydrogens is 1260 g/mol. The molecule has 0 aromatic carbocycles. The van der Waals surface area contributed by atoms with E-state index in [2.05, 4.69) is 58.2 Å². The van der Waals surface area contributed by atoms with E-state index in [1.807, 2.05) is 12.5 Å². The van der Waals surface area contributed by atoms with Crippen molar-refractivity contribution in [3.05, 3.63) is 12.7 Å². The normalized spacial score (nSPS) is 25.7. The maximum absolute atomic E-state index is 13.2. The summed E-state index contributed by atoms with van der Waals surface area (Å²) in [5.41, 5.74) is -0.106. The molecule has 4 unspecified atom stereocenters. The van der Waals surface area contributed by atoms with Crippen LogP contribution in [0.3, 0.4) is 0 Å². The third-order valence-corrected chi connectivity index (χ3v) is 23.1. The van der Waals surface area contributed by atoms with Gasteiger partial charge in [-0.1, -0.05) is 46.7 Å². The minimum Gasteiger partial charge on any atom is -0.387 e. The number of anilines is 2. The second-order valence-electron chi connectivity index (χ2n) is 16.0. The second kappa shape index (κ2) is 26.0. The Bertz CT molecular complexity index is 2710. The summed E-state index contributed by atoms with van der Waals surface area (Å²) in [5.74, 6) is 0.388. The van der Waals surface area contributed by atoms with Gasteiger partial charge in [-0.3, -0.25) is 27.3 Å². The van der Waals surface area contributed by atoms with Gasteiger partial charge in [0.2, 0.25) is 0 Å². The number of nitrogens with one attached hydrogen (secondary N) is 2. The lowest BCUT2D eigenvalue weighted by atomic mass is 10.1. The molecule has 0 aliphatic carbocycles. The third-order valence-electron chi connectivity index (χ3n) is 10.4. The standard InChI is InChI=1S/C33H46Cl2F6N10O18P4S4/c1-74-9-5-42-23-17-25(48-29(46-23)76-7-3-31(36,37)38)50(13-44-17)27-21(54)19(52)15(66-27)11-64-72(60,61)68-70(56,57)33(34,35)71(58,59)69-73(62,63)65-12-16-20(53)22(55)28(67-16)51-14-45-18-24(43-6-10-75-2)47-30(49-26(18)51)77-8-4-32(39,40)41/h13-16,19-22,27-28,52-55H,3-12H2,1-2H3,(H,56,57)(H,58,59)(H,60,61)(H,62,63)(H,42,46,48)(H,43,47,49)/t15-,16-,19-,20-,21-,22-,27-,28-/m1/s1. The molecule has 0 amide bonds.